The number of nitrogens with zero attached hydrogens (tertiary/aromatic N) is 7. The van der Waals surface area contributed by atoms with Gasteiger partial charge in [0.05, 0.1) is 22.6 Å². The van der Waals surface area contributed by atoms with Crippen molar-refractivity contribution in [2.24, 2.45) is 7.05 Å². The number of hydrogen-bond acceptors (Lipinski definition) is 5. The van der Waals surface area contributed by atoms with Crippen molar-refractivity contribution in [3.63, 3.8) is 0 Å². The van der Waals surface area contributed by atoms with Crippen molar-refractivity contribution in [2.75, 3.05) is 13.6 Å². The number of carbonyl (C=O) groups is 1. The molecule has 1 aliphatic heterocycles. The molecule has 0 saturated carbocycles. The van der Waals surface area contributed by atoms with Crippen molar-refractivity contribution in [1.82, 2.24) is 34.7 Å². The Balaban J connectivity index is 1.72. The van der Waals surface area contributed by atoms with E-state index in [2.05, 4.69) is 32.7 Å². The Bertz CT molecular complexity index is 1140. The van der Waals surface area contributed by atoms with Gasteiger partial charge in [-0.15, -0.1) is 0 Å². The van der Waals surface area contributed by atoms with Crippen LogP contribution in [0.4, 0.5) is 0 Å². The maximum absolute atomic E-state index is 13.0. The van der Waals surface area contributed by atoms with Crippen molar-refractivity contribution in [1.29, 1.82) is 0 Å². The lowest BCUT2D eigenvalue weighted by Crippen LogP contribution is -2.29. The Morgan fingerprint density at radius 1 is 1.00 bits per heavy atom. The van der Waals surface area contributed by atoms with Gasteiger partial charge in [0, 0.05) is 57.1 Å². The maximum Gasteiger partial charge on any atom is 0.274 e. The summed E-state index contributed by atoms with van der Waals surface area (Å²) < 4.78 is 3.63. The number of amides is 1. The molecule has 0 unspecified atom stereocenters. The highest BCUT2D eigenvalue weighted by atomic mass is 16.2. The molecule has 142 valence electrons. The topological polar surface area (TPSA) is 81.7 Å². The van der Waals surface area contributed by atoms with E-state index in [0.717, 1.165) is 47.5 Å². The molecule has 0 spiro atoms. The molecule has 4 heterocycles. The van der Waals surface area contributed by atoms with Gasteiger partial charge in [-0.3, -0.25) is 14.2 Å². The average molecular weight is 375 g/mol. The highest BCUT2D eigenvalue weighted by Crippen LogP contribution is 2.35. The second-order valence-electron chi connectivity index (χ2n) is 7.45. The Morgan fingerprint density at radius 2 is 1.86 bits per heavy atom. The Morgan fingerprint density at radius 3 is 2.71 bits per heavy atom. The lowest BCUT2D eigenvalue weighted by molar-refractivity contribution is 0.0785. The SMILES string of the molecule is Cc1nn2cc1C1=CCc3nnc(cc31)-c1cn(C)nc1C(=O)N(C)CCC2. The number of rotatable bonds is 0. The molecule has 5 rings (SSSR count). The molecule has 0 N–H and O–H groups in total. The van der Waals surface area contributed by atoms with E-state index in [1.807, 2.05) is 38.0 Å². The van der Waals surface area contributed by atoms with Gasteiger partial charge in [0.2, 0.25) is 0 Å². The van der Waals surface area contributed by atoms with Gasteiger partial charge in [0.1, 0.15) is 0 Å². The summed E-state index contributed by atoms with van der Waals surface area (Å²) in [5.74, 6) is -0.108. The Labute approximate surface area is 162 Å². The van der Waals surface area contributed by atoms with E-state index < -0.39 is 0 Å². The number of hydrogen-bond donors (Lipinski definition) is 0. The summed E-state index contributed by atoms with van der Waals surface area (Å²) in [5.41, 5.74) is 7.07. The normalized spacial score (nSPS) is 16.0. The van der Waals surface area contributed by atoms with E-state index in [1.54, 1.807) is 9.58 Å². The first-order chi connectivity index (χ1) is 13.5. The van der Waals surface area contributed by atoms with Crippen LogP contribution in [0.3, 0.4) is 0 Å². The molecule has 3 aromatic heterocycles. The number of carbonyl (C=O) groups excluding carboxylic acids is 1. The fourth-order valence-electron chi connectivity index (χ4n) is 3.98. The highest BCUT2D eigenvalue weighted by Gasteiger charge is 2.26. The molecule has 28 heavy (non-hydrogen) atoms. The third kappa shape index (κ3) is 2.56. The van der Waals surface area contributed by atoms with Crippen LogP contribution in [0.2, 0.25) is 0 Å². The first kappa shape index (κ1) is 16.9. The summed E-state index contributed by atoms with van der Waals surface area (Å²) in [6, 6.07) is 2.03. The largest absolute Gasteiger partial charge is 0.340 e. The van der Waals surface area contributed by atoms with Crippen molar-refractivity contribution in [3.8, 4) is 11.3 Å². The van der Waals surface area contributed by atoms with Crippen LogP contribution in [0.1, 0.15) is 39.4 Å². The molecule has 2 aliphatic rings. The monoisotopic (exact) mass is 375 g/mol. The molecule has 3 aromatic rings. The molecule has 0 saturated heterocycles. The lowest BCUT2D eigenvalue weighted by Gasteiger charge is -2.17. The van der Waals surface area contributed by atoms with Gasteiger partial charge in [0.25, 0.3) is 5.91 Å². The predicted octanol–water partition coefficient (Wildman–Crippen LogP) is 1.85. The van der Waals surface area contributed by atoms with Gasteiger partial charge < -0.3 is 4.90 Å². The molecule has 1 amide bonds. The summed E-state index contributed by atoms with van der Waals surface area (Å²) in [7, 11) is 3.62. The zero-order valence-electron chi connectivity index (χ0n) is 16.2. The molecule has 8 nitrogen and oxygen atoms in total. The summed E-state index contributed by atoms with van der Waals surface area (Å²) in [5, 5.41) is 17.9. The van der Waals surface area contributed by atoms with Crippen molar-refractivity contribution in [2.45, 2.75) is 26.3 Å². The van der Waals surface area contributed by atoms with Gasteiger partial charge in [-0.05, 0) is 25.0 Å². The molecule has 0 fully saturated rings. The zero-order valence-corrected chi connectivity index (χ0v) is 16.2. The van der Waals surface area contributed by atoms with E-state index in [4.69, 9.17) is 0 Å². The minimum atomic E-state index is -0.108. The van der Waals surface area contributed by atoms with Crippen molar-refractivity contribution < 1.29 is 4.79 Å². The van der Waals surface area contributed by atoms with Gasteiger partial charge in [-0.25, -0.2) is 0 Å². The standard InChI is InChI=1S/C20H21N7O/c1-12-15-11-27(23-12)8-4-7-25(2)20(28)19-16(10-26(3)24-19)18-9-14-13(15)5-6-17(14)21-22-18/h5,9-11H,4,6-8H2,1-3H3. The van der Waals surface area contributed by atoms with Crippen LogP contribution in [-0.2, 0) is 20.0 Å². The van der Waals surface area contributed by atoms with E-state index in [1.165, 1.54) is 0 Å². The summed E-state index contributed by atoms with van der Waals surface area (Å²) >= 11 is 0. The van der Waals surface area contributed by atoms with Crippen molar-refractivity contribution >= 4 is 11.5 Å². The van der Waals surface area contributed by atoms with Crippen LogP contribution < -0.4 is 0 Å². The smallest absolute Gasteiger partial charge is 0.274 e. The van der Waals surface area contributed by atoms with Gasteiger partial charge in [-0.2, -0.15) is 20.4 Å². The molecule has 0 radical (unpaired) electrons. The lowest BCUT2D eigenvalue weighted by atomic mass is 10.0. The van der Waals surface area contributed by atoms with Gasteiger partial charge in [0.15, 0.2) is 5.69 Å². The van der Waals surface area contributed by atoms with Gasteiger partial charge >= 0.3 is 0 Å². The first-order valence-corrected chi connectivity index (χ1v) is 9.42. The number of fused-ring (bicyclic) bond motifs is 6. The number of aryl methyl sites for hydroxylation is 3. The van der Waals surface area contributed by atoms with Crippen molar-refractivity contribution in [3.05, 3.63) is 52.7 Å². The second-order valence-corrected chi connectivity index (χ2v) is 7.45. The van der Waals surface area contributed by atoms with E-state index in [9.17, 15) is 4.79 Å². The van der Waals surface area contributed by atoms with Crippen LogP contribution in [0, 0.1) is 6.92 Å². The van der Waals surface area contributed by atoms with E-state index >= 15 is 0 Å². The summed E-state index contributed by atoms with van der Waals surface area (Å²) in [6.07, 6.45) is 7.70. The van der Waals surface area contributed by atoms with E-state index in [0.29, 0.717) is 23.5 Å². The fourth-order valence-corrected chi connectivity index (χ4v) is 3.98. The highest BCUT2D eigenvalue weighted by molar-refractivity contribution is 5.98. The predicted molar refractivity (Wildman–Crippen MR) is 104 cm³/mol. The number of allylic oxidation sites excluding steroid dienone is 1. The molecule has 8 heteroatoms. The third-order valence-corrected chi connectivity index (χ3v) is 5.43. The first-order valence-electron chi connectivity index (χ1n) is 9.42. The third-order valence-electron chi connectivity index (χ3n) is 5.43. The fraction of sp³-hybridized carbons (Fsp3) is 0.350. The molecule has 1 aliphatic carbocycles. The minimum absolute atomic E-state index is 0.108. The molecule has 0 aromatic carbocycles. The molecule has 4 bridgehead atoms. The zero-order chi connectivity index (χ0) is 19.4. The molecular weight excluding hydrogens is 354 g/mol. The molecule has 0 atom stereocenters. The van der Waals surface area contributed by atoms with E-state index in [-0.39, 0.29) is 5.91 Å². The summed E-state index contributed by atoms with van der Waals surface area (Å²) in [4.78, 5) is 14.7. The van der Waals surface area contributed by atoms with Crippen LogP contribution in [0.5, 0.6) is 0 Å². The maximum atomic E-state index is 13.0. The van der Waals surface area contributed by atoms with Gasteiger partial charge in [-0.1, -0.05) is 6.08 Å². The van der Waals surface area contributed by atoms with Crippen LogP contribution in [0.15, 0.2) is 24.5 Å². The molecular formula is C20H21N7O. The second kappa shape index (κ2) is 6.12. The quantitative estimate of drug-likeness (QED) is 0.599. The Hall–Kier alpha value is -3.29. The summed E-state index contributed by atoms with van der Waals surface area (Å²) in [6.45, 7) is 3.42. The van der Waals surface area contributed by atoms with Crippen LogP contribution in [0.25, 0.3) is 16.8 Å². The average Bonchev–Trinajstić information content (AvgIpc) is 3.36. The minimum Gasteiger partial charge on any atom is -0.340 e. The van der Waals surface area contributed by atoms with Crippen LogP contribution >= 0.6 is 0 Å². The Kier molecular flexibility index (Phi) is 3.68. The van der Waals surface area contributed by atoms with Crippen LogP contribution in [-0.4, -0.2) is 54.2 Å². The number of aromatic nitrogens is 6.